The Balaban J connectivity index is 1.54. The van der Waals surface area contributed by atoms with E-state index in [1.807, 2.05) is 37.1 Å². The number of nitrogens with zero attached hydrogens (tertiary/aromatic N) is 3. The maximum Gasteiger partial charge on any atom is 0.264 e. The number of fused-ring (bicyclic) bond motifs is 1. The van der Waals surface area contributed by atoms with E-state index in [0.717, 1.165) is 17.8 Å². The third kappa shape index (κ3) is 3.50. The van der Waals surface area contributed by atoms with E-state index in [9.17, 15) is 13.2 Å². The summed E-state index contributed by atoms with van der Waals surface area (Å²) in [6.07, 6.45) is 2.03. The predicted octanol–water partition coefficient (Wildman–Crippen LogP) is 3.84. The molecule has 0 spiro atoms. The van der Waals surface area contributed by atoms with Gasteiger partial charge in [-0.3, -0.25) is 9.10 Å². The Labute approximate surface area is 177 Å². The second kappa shape index (κ2) is 7.65. The Hall–Kier alpha value is -3.06. The van der Waals surface area contributed by atoms with Crippen molar-refractivity contribution in [1.29, 1.82) is 0 Å². The quantitative estimate of drug-likeness (QED) is 0.641. The van der Waals surface area contributed by atoms with Crippen molar-refractivity contribution in [2.24, 2.45) is 0 Å². The van der Waals surface area contributed by atoms with Crippen LogP contribution in [-0.2, 0) is 16.6 Å². The molecule has 156 valence electrons. The van der Waals surface area contributed by atoms with E-state index >= 15 is 0 Å². The zero-order valence-electron chi connectivity index (χ0n) is 17.3. The average molecular weight is 424 g/mol. The number of sulfonamides is 1. The van der Waals surface area contributed by atoms with Crippen LogP contribution in [0.1, 0.15) is 34.6 Å². The minimum atomic E-state index is -3.66. The number of anilines is 1. The monoisotopic (exact) mass is 423 g/mol. The number of hydrogen-bond donors (Lipinski definition) is 0. The lowest BCUT2D eigenvalue weighted by atomic mass is 10.1. The maximum atomic E-state index is 13.1. The summed E-state index contributed by atoms with van der Waals surface area (Å²) < 4.78 is 29.2. The van der Waals surface area contributed by atoms with Gasteiger partial charge in [0.2, 0.25) is 0 Å². The molecule has 1 aliphatic rings. The molecular weight excluding hydrogens is 398 g/mol. The van der Waals surface area contributed by atoms with Crippen LogP contribution in [0.15, 0.2) is 71.8 Å². The maximum absolute atomic E-state index is 13.1. The Bertz CT molecular complexity index is 1170. The van der Waals surface area contributed by atoms with Crippen LogP contribution in [0.25, 0.3) is 0 Å². The van der Waals surface area contributed by atoms with Gasteiger partial charge in [-0.05, 0) is 62.4 Å². The summed E-state index contributed by atoms with van der Waals surface area (Å²) in [5.74, 6) is -0.0504. The largest absolute Gasteiger partial charge is 0.348 e. The minimum Gasteiger partial charge on any atom is -0.348 e. The van der Waals surface area contributed by atoms with Gasteiger partial charge in [0.15, 0.2) is 0 Å². The fourth-order valence-corrected chi connectivity index (χ4v) is 5.04. The zero-order valence-corrected chi connectivity index (χ0v) is 18.1. The normalized spacial score (nSPS) is 16.2. The molecule has 1 amide bonds. The van der Waals surface area contributed by atoms with Gasteiger partial charge >= 0.3 is 0 Å². The zero-order chi connectivity index (χ0) is 21.5. The molecule has 30 heavy (non-hydrogen) atoms. The average Bonchev–Trinajstić information content (AvgIpc) is 3.23. The molecule has 0 radical (unpaired) electrons. The number of aryl methyl sites for hydroxylation is 1. The highest BCUT2D eigenvalue weighted by molar-refractivity contribution is 7.92. The minimum absolute atomic E-state index is 0.00878. The molecule has 1 aromatic heterocycles. The second-order valence-corrected chi connectivity index (χ2v) is 9.60. The molecule has 0 saturated carbocycles. The lowest BCUT2D eigenvalue weighted by Gasteiger charge is -2.35. The van der Waals surface area contributed by atoms with Crippen molar-refractivity contribution in [1.82, 2.24) is 9.47 Å². The molecule has 0 unspecified atom stereocenters. The van der Waals surface area contributed by atoms with Crippen molar-refractivity contribution in [3.05, 3.63) is 83.7 Å². The van der Waals surface area contributed by atoms with E-state index in [0.29, 0.717) is 17.8 Å². The van der Waals surface area contributed by atoms with Gasteiger partial charge in [-0.15, -0.1) is 0 Å². The van der Waals surface area contributed by atoms with Crippen LogP contribution in [0.3, 0.4) is 0 Å². The van der Waals surface area contributed by atoms with Crippen LogP contribution in [0, 0.1) is 6.92 Å². The van der Waals surface area contributed by atoms with Crippen molar-refractivity contribution in [3.63, 3.8) is 0 Å². The molecule has 7 heteroatoms. The number of aromatic nitrogens is 1. The molecule has 0 bridgehead atoms. The Morgan fingerprint density at radius 1 is 1.00 bits per heavy atom. The van der Waals surface area contributed by atoms with Gasteiger partial charge in [0.05, 0.1) is 16.6 Å². The molecule has 2 heterocycles. The fourth-order valence-electron chi connectivity index (χ4n) is 3.84. The summed E-state index contributed by atoms with van der Waals surface area (Å²) in [5.41, 5.74) is 3.17. The van der Waals surface area contributed by atoms with Gasteiger partial charge < -0.3 is 9.47 Å². The Morgan fingerprint density at radius 2 is 1.67 bits per heavy atom. The molecule has 0 aliphatic carbocycles. The van der Waals surface area contributed by atoms with Gasteiger partial charge in [-0.1, -0.05) is 17.7 Å². The molecule has 1 aliphatic heterocycles. The first-order valence-corrected chi connectivity index (χ1v) is 11.3. The fraction of sp³-hybridized carbons (Fsp3) is 0.261. The molecule has 3 aromatic rings. The van der Waals surface area contributed by atoms with E-state index in [2.05, 4.69) is 4.57 Å². The molecule has 4 rings (SSSR count). The van der Waals surface area contributed by atoms with E-state index < -0.39 is 10.0 Å². The number of hydrogen-bond acceptors (Lipinski definition) is 3. The van der Waals surface area contributed by atoms with Crippen molar-refractivity contribution in [2.75, 3.05) is 17.9 Å². The molecular formula is C23H25N3O3S. The van der Waals surface area contributed by atoms with Crippen LogP contribution in [-0.4, -0.2) is 37.4 Å². The molecule has 2 aromatic carbocycles. The summed E-state index contributed by atoms with van der Waals surface area (Å²) >= 11 is 0. The van der Waals surface area contributed by atoms with Gasteiger partial charge in [-0.2, -0.15) is 0 Å². The van der Waals surface area contributed by atoms with E-state index in [-0.39, 0.29) is 16.8 Å². The van der Waals surface area contributed by atoms with Gasteiger partial charge in [0.1, 0.15) is 0 Å². The molecule has 0 fully saturated rings. The van der Waals surface area contributed by atoms with Crippen molar-refractivity contribution >= 4 is 21.6 Å². The first-order chi connectivity index (χ1) is 14.3. The van der Waals surface area contributed by atoms with Crippen LogP contribution in [0.4, 0.5) is 5.69 Å². The third-order valence-corrected chi connectivity index (χ3v) is 7.56. The SMILES string of the molecule is Cc1ccc(S(=O)(=O)N(C)c2ccc(C(=O)N3CCn4cccc4[C@H]3C)cc2)cc1. The molecule has 1 atom stereocenters. The standard InChI is InChI=1S/C23H25N3O3S/c1-17-6-12-21(13-7-17)30(28,29)24(3)20-10-8-19(9-11-20)23(27)26-16-15-25-14-4-5-22(25)18(26)2/h4-14,18H,15-16H2,1-3H3/t18-/m1/s1. The summed E-state index contributed by atoms with van der Waals surface area (Å²) in [4.78, 5) is 15.2. The smallest absolute Gasteiger partial charge is 0.264 e. The molecule has 0 N–H and O–H groups in total. The summed E-state index contributed by atoms with van der Waals surface area (Å²) in [6, 6.07) is 17.5. The van der Waals surface area contributed by atoms with E-state index in [4.69, 9.17) is 0 Å². The summed E-state index contributed by atoms with van der Waals surface area (Å²) in [7, 11) is -2.14. The van der Waals surface area contributed by atoms with Crippen LogP contribution in [0.2, 0.25) is 0 Å². The number of rotatable bonds is 4. The number of carbonyl (C=O) groups is 1. The van der Waals surface area contributed by atoms with Crippen molar-refractivity contribution in [3.8, 4) is 0 Å². The van der Waals surface area contributed by atoms with Gasteiger partial charge in [-0.25, -0.2) is 8.42 Å². The highest BCUT2D eigenvalue weighted by atomic mass is 32.2. The molecule has 6 nitrogen and oxygen atoms in total. The van der Waals surface area contributed by atoms with Crippen LogP contribution in [0.5, 0.6) is 0 Å². The molecule has 0 saturated heterocycles. The number of benzene rings is 2. The first kappa shape index (κ1) is 20.2. The third-order valence-electron chi connectivity index (χ3n) is 5.76. The highest BCUT2D eigenvalue weighted by Gasteiger charge is 2.28. The first-order valence-electron chi connectivity index (χ1n) is 9.91. The van der Waals surface area contributed by atoms with Crippen molar-refractivity contribution < 1.29 is 13.2 Å². The Kier molecular flexibility index (Phi) is 5.15. The van der Waals surface area contributed by atoms with Crippen LogP contribution >= 0.6 is 0 Å². The predicted molar refractivity (Wildman–Crippen MR) is 117 cm³/mol. The summed E-state index contributed by atoms with van der Waals surface area (Å²) in [6.45, 7) is 5.36. The van der Waals surface area contributed by atoms with Gasteiger partial charge in [0, 0.05) is 37.6 Å². The van der Waals surface area contributed by atoms with Gasteiger partial charge in [0.25, 0.3) is 15.9 Å². The number of carbonyl (C=O) groups excluding carboxylic acids is 1. The van der Waals surface area contributed by atoms with Crippen molar-refractivity contribution in [2.45, 2.75) is 31.3 Å². The number of amides is 1. The lowest BCUT2D eigenvalue weighted by molar-refractivity contribution is 0.0644. The second-order valence-electron chi connectivity index (χ2n) is 7.63. The lowest BCUT2D eigenvalue weighted by Crippen LogP contribution is -2.40. The van der Waals surface area contributed by atoms with Crippen LogP contribution < -0.4 is 4.31 Å². The topological polar surface area (TPSA) is 62.6 Å². The Morgan fingerprint density at radius 3 is 2.33 bits per heavy atom. The van der Waals surface area contributed by atoms with E-state index in [1.165, 1.54) is 11.4 Å². The highest BCUT2D eigenvalue weighted by Crippen LogP contribution is 2.28. The van der Waals surface area contributed by atoms with E-state index in [1.54, 1.807) is 48.5 Å². The summed E-state index contributed by atoms with van der Waals surface area (Å²) in [5, 5.41) is 0.